The average Bonchev–Trinajstić information content (AvgIpc) is 2.34. The van der Waals surface area contributed by atoms with Gasteiger partial charge in [-0.2, -0.15) is 0 Å². The first-order valence-corrected chi connectivity index (χ1v) is 6.80. The molecular formula is C11H8BrClFN3S. The molecule has 0 aliphatic carbocycles. The Bertz CT molecular complexity index is 592. The van der Waals surface area contributed by atoms with Crippen LogP contribution >= 0.6 is 39.3 Å². The van der Waals surface area contributed by atoms with Gasteiger partial charge in [0.1, 0.15) is 10.0 Å². The van der Waals surface area contributed by atoms with E-state index in [2.05, 4.69) is 20.9 Å². The molecule has 0 fully saturated rings. The number of hydrogen-bond donors (Lipinski definition) is 2. The molecular weight excluding hydrogens is 341 g/mol. The minimum absolute atomic E-state index is 0.121. The van der Waals surface area contributed by atoms with Gasteiger partial charge in [0.2, 0.25) is 0 Å². The van der Waals surface area contributed by atoms with Crippen molar-refractivity contribution in [2.45, 2.75) is 9.92 Å². The zero-order valence-corrected chi connectivity index (χ0v) is 12.1. The number of aromatic nitrogens is 1. The maximum absolute atomic E-state index is 13.9. The minimum Gasteiger partial charge on any atom is -0.398 e. The maximum Gasteiger partial charge on any atom is 0.159 e. The number of benzene rings is 1. The van der Waals surface area contributed by atoms with E-state index < -0.39 is 5.82 Å². The Morgan fingerprint density at radius 1 is 1.28 bits per heavy atom. The van der Waals surface area contributed by atoms with E-state index in [1.54, 1.807) is 12.3 Å². The van der Waals surface area contributed by atoms with E-state index in [-0.39, 0.29) is 21.3 Å². The van der Waals surface area contributed by atoms with Crippen molar-refractivity contribution < 1.29 is 4.39 Å². The predicted octanol–water partition coefficient (Wildman–Crippen LogP) is 3.95. The lowest BCUT2D eigenvalue weighted by Crippen LogP contribution is -1.98. The zero-order chi connectivity index (χ0) is 13.3. The first-order chi connectivity index (χ1) is 8.49. The van der Waals surface area contributed by atoms with Crippen LogP contribution in [0.5, 0.6) is 0 Å². The van der Waals surface area contributed by atoms with Crippen LogP contribution in [0.1, 0.15) is 0 Å². The molecule has 18 heavy (non-hydrogen) atoms. The van der Waals surface area contributed by atoms with Gasteiger partial charge in [-0.05, 0) is 34.1 Å². The summed E-state index contributed by atoms with van der Waals surface area (Å²) >= 11 is 10.1. The molecule has 0 bridgehead atoms. The van der Waals surface area contributed by atoms with Gasteiger partial charge in [0.15, 0.2) is 5.82 Å². The molecule has 3 nitrogen and oxygen atoms in total. The van der Waals surface area contributed by atoms with Gasteiger partial charge in [-0.1, -0.05) is 23.4 Å². The normalized spacial score (nSPS) is 10.6. The van der Waals surface area contributed by atoms with Gasteiger partial charge in [0, 0.05) is 10.7 Å². The van der Waals surface area contributed by atoms with E-state index in [1.807, 2.05) is 6.07 Å². The number of halogens is 3. The number of nitrogen functional groups attached to an aromatic ring is 2. The van der Waals surface area contributed by atoms with Gasteiger partial charge in [-0.3, -0.25) is 0 Å². The highest BCUT2D eigenvalue weighted by molar-refractivity contribution is 9.10. The van der Waals surface area contributed by atoms with Crippen LogP contribution in [0.4, 0.5) is 15.8 Å². The van der Waals surface area contributed by atoms with Crippen LogP contribution in [0, 0.1) is 5.82 Å². The fourth-order valence-electron chi connectivity index (χ4n) is 1.28. The number of nitrogens with zero attached hydrogens (tertiary/aromatic N) is 1. The molecule has 1 heterocycles. The van der Waals surface area contributed by atoms with Gasteiger partial charge in [0.25, 0.3) is 0 Å². The van der Waals surface area contributed by atoms with Crippen LogP contribution in [0.25, 0.3) is 0 Å². The van der Waals surface area contributed by atoms with E-state index in [9.17, 15) is 4.39 Å². The van der Waals surface area contributed by atoms with Crippen molar-refractivity contribution in [3.05, 3.63) is 39.7 Å². The SMILES string of the molecule is Nc1cc(N)c(Sc2ccc(Br)cn2)c(F)c1Cl. The second kappa shape index (κ2) is 5.34. The van der Waals surface area contributed by atoms with Crippen LogP contribution < -0.4 is 11.5 Å². The second-order valence-electron chi connectivity index (χ2n) is 3.43. The molecule has 4 N–H and O–H groups in total. The third-order valence-electron chi connectivity index (χ3n) is 2.13. The summed E-state index contributed by atoms with van der Waals surface area (Å²) in [7, 11) is 0. The highest BCUT2D eigenvalue weighted by Crippen LogP contribution is 2.39. The lowest BCUT2D eigenvalue weighted by atomic mass is 10.3. The standard InChI is InChI=1S/C11H8BrClFN3S/c12-5-1-2-8(17-4-5)18-11-7(16)3-6(15)9(13)10(11)14/h1-4H,15-16H2. The van der Waals surface area contributed by atoms with Crippen LogP contribution in [0.15, 0.2) is 38.8 Å². The molecule has 0 amide bonds. The van der Waals surface area contributed by atoms with Crippen molar-refractivity contribution in [2.75, 3.05) is 11.5 Å². The Morgan fingerprint density at radius 3 is 2.61 bits per heavy atom. The molecule has 1 aromatic heterocycles. The van der Waals surface area contributed by atoms with E-state index in [0.29, 0.717) is 5.03 Å². The number of pyridine rings is 1. The fourth-order valence-corrected chi connectivity index (χ4v) is 2.54. The lowest BCUT2D eigenvalue weighted by molar-refractivity contribution is 0.604. The highest BCUT2D eigenvalue weighted by atomic mass is 79.9. The quantitative estimate of drug-likeness (QED) is 0.807. The summed E-state index contributed by atoms with van der Waals surface area (Å²) in [5.74, 6) is -0.621. The van der Waals surface area contributed by atoms with Crippen molar-refractivity contribution in [3.63, 3.8) is 0 Å². The van der Waals surface area contributed by atoms with E-state index in [1.165, 1.54) is 6.07 Å². The molecule has 0 saturated carbocycles. The van der Waals surface area contributed by atoms with Gasteiger partial charge in [-0.25, -0.2) is 9.37 Å². The van der Waals surface area contributed by atoms with Crippen molar-refractivity contribution in [2.24, 2.45) is 0 Å². The van der Waals surface area contributed by atoms with Crippen LogP contribution in [-0.2, 0) is 0 Å². The minimum atomic E-state index is -0.621. The van der Waals surface area contributed by atoms with Crippen molar-refractivity contribution in [1.29, 1.82) is 0 Å². The lowest BCUT2D eigenvalue weighted by Gasteiger charge is -2.09. The molecule has 7 heteroatoms. The van der Waals surface area contributed by atoms with Crippen LogP contribution in [0.3, 0.4) is 0 Å². The first-order valence-electron chi connectivity index (χ1n) is 4.81. The summed E-state index contributed by atoms with van der Waals surface area (Å²) in [5, 5.41) is 0.494. The summed E-state index contributed by atoms with van der Waals surface area (Å²) in [6, 6.07) is 4.99. The predicted molar refractivity (Wildman–Crippen MR) is 76.3 cm³/mol. The third kappa shape index (κ3) is 2.71. The molecule has 0 spiro atoms. The van der Waals surface area contributed by atoms with Gasteiger partial charge in [0.05, 0.1) is 16.3 Å². The molecule has 1 aromatic carbocycles. The van der Waals surface area contributed by atoms with Crippen LogP contribution in [0.2, 0.25) is 5.02 Å². The summed E-state index contributed by atoms with van der Waals surface area (Å²) in [4.78, 5) is 4.35. The van der Waals surface area contributed by atoms with Crippen molar-refractivity contribution in [3.8, 4) is 0 Å². The largest absolute Gasteiger partial charge is 0.398 e. The van der Waals surface area contributed by atoms with Gasteiger partial charge >= 0.3 is 0 Å². The van der Waals surface area contributed by atoms with E-state index in [0.717, 1.165) is 16.2 Å². The van der Waals surface area contributed by atoms with Gasteiger partial charge in [-0.15, -0.1) is 0 Å². The molecule has 0 atom stereocenters. The molecule has 2 rings (SSSR count). The Labute approximate surface area is 121 Å². The topological polar surface area (TPSA) is 64.9 Å². The Kier molecular flexibility index (Phi) is 3.99. The summed E-state index contributed by atoms with van der Waals surface area (Å²) in [5.41, 5.74) is 11.6. The van der Waals surface area contributed by atoms with Crippen molar-refractivity contribution in [1.82, 2.24) is 4.98 Å². The molecule has 0 aliphatic heterocycles. The monoisotopic (exact) mass is 347 g/mol. The highest BCUT2D eigenvalue weighted by Gasteiger charge is 2.15. The summed E-state index contributed by atoms with van der Waals surface area (Å²) < 4.78 is 14.8. The molecule has 0 saturated heterocycles. The van der Waals surface area contributed by atoms with Crippen LogP contribution in [-0.4, -0.2) is 4.98 Å². The number of rotatable bonds is 2. The molecule has 2 aromatic rings. The van der Waals surface area contributed by atoms with Gasteiger partial charge < -0.3 is 11.5 Å². The van der Waals surface area contributed by atoms with E-state index in [4.69, 9.17) is 23.1 Å². The average molecular weight is 349 g/mol. The second-order valence-corrected chi connectivity index (χ2v) is 5.75. The number of anilines is 2. The smallest absolute Gasteiger partial charge is 0.159 e. The Morgan fingerprint density at radius 2 is 2.00 bits per heavy atom. The number of nitrogens with two attached hydrogens (primary N) is 2. The molecule has 0 radical (unpaired) electrons. The molecule has 0 unspecified atom stereocenters. The number of hydrogen-bond acceptors (Lipinski definition) is 4. The van der Waals surface area contributed by atoms with Crippen molar-refractivity contribution >= 4 is 50.7 Å². The fraction of sp³-hybridized carbons (Fsp3) is 0. The zero-order valence-electron chi connectivity index (χ0n) is 8.95. The van der Waals surface area contributed by atoms with E-state index >= 15 is 0 Å². The third-order valence-corrected chi connectivity index (χ3v) is 4.05. The molecule has 0 aliphatic rings. The molecule has 94 valence electrons. The first kappa shape index (κ1) is 13.5. The Balaban J connectivity index is 2.40. The maximum atomic E-state index is 13.9. The Hall–Kier alpha value is -0.980. The summed E-state index contributed by atoms with van der Waals surface area (Å²) in [6.45, 7) is 0. The summed E-state index contributed by atoms with van der Waals surface area (Å²) in [6.07, 6.45) is 1.62.